The molecule has 0 unspecified atom stereocenters. The van der Waals surface area contributed by atoms with Crippen LogP contribution in [0.3, 0.4) is 0 Å². The molecule has 2 fully saturated rings. The van der Waals surface area contributed by atoms with Gasteiger partial charge in [-0.25, -0.2) is 0 Å². The molecule has 0 aromatic heterocycles. The third-order valence-corrected chi connectivity index (χ3v) is 5.92. The maximum Gasteiger partial charge on any atom is 0.303 e. The summed E-state index contributed by atoms with van der Waals surface area (Å²) in [6, 6.07) is 0. The predicted octanol–water partition coefficient (Wildman–Crippen LogP) is -0.873. The summed E-state index contributed by atoms with van der Waals surface area (Å²) >= 11 is 0. The van der Waals surface area contributed by atoms with Crippen molar-refractivity contribution in [3.63, 3.8) is 0 Å². The van der Waals surface area contributed by atoms with Crippen molar-refractivity contribution in [2.24, 2.45) is 0 Å². The Balaban J connectivity index is 2.73. The third-order valence-electron chi connectivity index (χ3n) is 5.92. The van der Waals surface area contributed by atoms with Crippen LogP contribution in [0, 0.1) is 0 Å². The average molecular weight is 563 g/mol. The average Bonchev–Trinajstić information content (AvgIpc) is 2.79. The van der Waals surface area contributed by atoms with E-state index in [9.17, 15) is 33.9 Å². The zero-order valence-electron chi connectivity index (χ0n) is 22.5. The fraction of sp³-hybridized carbons (Fsp3) is 0.750. The monoisotopic (exact) mass is 562 g/mol. The highest BCUT2D eigenvalue weighted by atomic mass is 16.7. The minimum absolute atomic E-state index is 0.0303. The molecule has 0 saturated carbocycles. The fourth-order valence-electron chi connectivity index (χ4n) is 4.58. The summed E-state index contributed by atoms with van der Waals surface area (Å²) in [7, 11) is 0. The molecule has 0 radical (unpaired) electrons. The van der Waals surface area contributed by atoms with Gasteiger partial charge in [0.1, 0.15) is 37.6 Å². The van der Waals surface area contributed by atoms with Crippen molar-refractivity contribution >= 4 is 35.8 Å². The highest BCUT2D eigenvalue weighted by molar-refractivity contribution is 5.69. The molecule has 0 aromatic rings. The lowest BCUT2D eigenvalue weighted by atomic mass is 9.75. The van der Waals surface area contributed by atoms with Crippen LogP contribution in [-0.4, -0.2) is 109 Å². The highest BCUT2D eigenvalue weighted by Crippen LogP contribution is 2.41. The zero-order chi connectivity index (χ0) is 29.5. The van der Waals surface area contributed by atoms with E-state index < -0.39 is 97.4 Å². The molecule has 0 aromatic carbocycles. The van der Waals surface area contributed by atoms with Crippen LogP contribution in [0.4, 0.5) is 0 Å². The van der Waals surface area contributed by atoms with Crippen LogP contribution in [-0.2, 0) is 66.7 Å². The van der Waals surface area contributed by atoms with Gasteiger partial charge in [0.05, 0.1) is 6.61 Å². The lowest BCUT2D eigenvalue weighted by molar-refractivity contribution is -0.325. The Kier molecular flexibility index (Phi) is 11.2. The van der Waals surface area contributed by atoms with E-state index >= 15 is 0 Å². The van der Waals surface area contributed by atoms with E-state index in [4.69, 9.17) is 37.9 Å². The normalized spacial score (nSPS) is 32.2. The van der Waals surface area contributed by atoms with Gasteiger partial charge in [-0.15, -0.1) is 0 Å². The van der Waals surface area contributed by atoms with E-state index in [1.807, 2.05) is 0 Å². The lowest BCUT2D eigenvalue weighted by Crippen LogP contribution is -2.75. The molecule has 2 heterocycles. The van der Waals surface area contributed by atoms with E-state index in [2.05, 4.69) is 0 Å². The first-order valence-electron chi connectivity index (χ1n) is 12.1. The molecule has 8 atom stereocenters. The molecule has 0 aliphatic carbocycles. The van der Waals surface area contributed by atoms with E-state index in [1.54, 1.807) is 0 Å². The Morgan fingerprint density at radius 2 is 1.18 bits per heavy atom. The summed E-state index contributed by atoms with van der Waals surface area (Å²) < 4.78 is 43.5. The molecule has 39 heavy (non-hydrogen) atoms. The number of rotatable bonds is 9. The Labute approximate surface area is 224 Å². The third kappa shape index (κ3) is 8.34. The van der Waals surface area contributed by atoms with Crippen LogP contribution in [0.5, 0.6) is 0 Å². The first-order valence-corrected chi connectivity index (χ1v) is 12.1. The first-order chi connectivity index (χ1) is 18.2. The molecule has 15 heteroatoms. The second-order valence-electron chi connectivity index (χ2n) is 9.06. The smallest absolute Gasteiger partial charge is 0.303 e. The molecule has 15 nitrogen and oxygen atoms in total. The van der Waals surface area contributed by atoms with Crippen LogP contribution >= 0.6 is 0 Å². The quantitative estimate of drug-likeness (QED) is 0.268. The maximum absolute atomic E-state index is 12.2. The van der Waals surface area contributed by atoms with Crippen LogP contribution in [0.15, 0.2) is 0 Å². The van der Waals surface area contributed by atoms with Crippen molar-refractivity contribution in [3.8, 4) is 0 Å². The van der Waals surface area contributed by atoms with Crippen molar-refractivity contribution in [3.05, 3.63) is 0 Å². The standard InChI is InChI=1S/C24H34O15/c1-11(25)33-9-17-20(36-14(4)28)21(37-15(5)29)22(38-16(6)30)23(39-17)24(31)18(35-13(3)27)7-8-32-19(24)10-34-12(2)26/h17-23,31H,7-10H2,1-6H3/t17-,18-,19-,20-,21+,22-,23+,24+/m1/s1. The summed E-state index contributed by atoms with van der Waals surface area (Å²) in [5.74, 6) is -4.83. The van der Waals surface area contributed by atoms with Crippen LogP contribution in [0.2, 0.25) is 0 Å². The molecular formula is C24H34O15. The van der Waals surface area contributed by atoms with E-state index in [0.717, 1.165) is 41.5 Å². The van der Waals surface area contributed by atoms with Gasteiger partial charge in [-0.2, -0.15) is 0 Å². The Bertz CT molecular complexity index is 948. The summed E-state index contributed by atoms with van der Waals surface area (Å²) in [5.41, 5.74) is -2.40. The topological polar surface area (TPSA) is 196 Å². The molecule has 220 valence electrons. The van der Waals surface area contributed by atoms with Gasteiger partial charge in [-0.1, -0.05) is 0 Å². The van der Waals surface area contributed by atoms with Gasteiger partial charge in [0.25, 0.3) is 0 Å². The molecule has 2 aliphatic rings. The van der Waals surface area contributed by atoms with Crippen LogP contribution in [0.25, 0.3) is 0 Å². The van der Waals surface area contributed by atoms with Crippen LogP contribution in [0.1, 0.15) is 48.0 Å². The first kappa shape index (κ1) is 31.9. The second-order valence-corrected chi connectivity index (χ2v) is 9.06. The van der Waals surface area contributed by atoms with E-state index in [1.165, 1.54) is 0 Å². The van der Waals surface area contributed by atoms with Crippen molar-refractivity contribution in [1.82, 2.24) is 0 Å². The summed E-state index contributed by atoms with van der Waals surface area (Å²) in [4.78, 5) is 71.4. The number of hydrogen-bond acceptors (Lipinski definition) is 15. The van der Waals surface area contributed by atoms with Gasteiger partial charge >= 0.3 is 35.8 Å². The summed E-state index contributed by atoms with van der Waals surface area (Å²) in [6.45, 7) is 5.38. The number of esters is 6. The molecule has 2 aliphatic heterocycles. The van der Waals surface area contributed by atoms with Crippen molar-refractivity contribution in [1.29, 1.82) is 0 Å². The summed E-state index contributed by atoms with van der Waals surface area (Å²) in [6.07, 6.45) is -10.6. The lowest BCUT2D eigenvalue weighted by Gasteiger charge is -2.54. The zero-order valence-corrected chi connectivity index (χ0v) is 22.5. The van der Waals surface area contributed by atoms with E-state index in [0.29, 0.717) is 0 Å². The number of hydrogen-bond donors (Lipinski definition) is 1. The van der Waals surface area contributed by atoms with Gasteiger partial charge in [-0.05, 0) is 0 Å². The molecule has 0 bridgehead atoms. The molecular weight excluding hydrogens is 528 g/mol. The van der Waals surface area contributed by atoms with Gasteiger partial charge < -0.3 is 43.0 Å². The Morgan fingerprint density at radius 3 is 1.69 bits per heavy atom. The van der Waals surface area contributed by atoms with Crippen LogP contribution < -0.4 is 0 Å². The van der Waals surface area contributed by atoms with E-state index in [-0.39, 0.29) is 13.0 Å². The summed E-state index contributed by atoms with van der Waals surface area (Å²) in [5, 5.41) is 12.2. The number of carbonyl (C=O) groups excluding carboxylic acids is 6. The maximum atomic E-state index is 12.2. The molecule has 0 amide bonds. The number of carbonyl (C=O) groups is 6. The van der Waals surface area contributed by atoms with Crippen molar-refractivity contribution in [2.45, 2.75) is 96.3 Å². The van der Waals surface area contributed by atoms with Gasteiger partial charge in [0.2, 0.25) is 0 Å². The number of aliphatic hydroxyl groups is 1. The van der Waals surface area contributed by atoms with Crippen molar-refractivity contribution < 1.29 is 71.8 Å². The Hall–Kier alpha value is -3.30. The molecule has 2 rings (SSSR count). The fourth-order valence-corrected chi connectivity index (χ4v) is 4.58. The van der Waals surface area contributed by atoms with Gasteiger partial charge in [-0.3, -0.25) is 28.8 Å². The SMILES string of the molecule is CC(=O)OC[C@H]1O[C@H]([C@@]2(O)[C@@H](COC(C)=O)OCC[C@H]2OC(C)=O)[C@H](OC(C)=O)[C@@H](OC(C)=O)[C@@H]1OC(C)=O. The largest absolute Gasteiger partial charge is 0.463 e. The highest BCUT2D eigenvalue weighted by Gasteiger charge is 2.65. The minimum Gasteiger partial charge on any atom is -0.463 e. The Morgan fingerprint density at radius 1 is 0.692 bits per heavy atom. The second kappa shape index (κ2) is 13.7. The molecule has 1 N–H and O–H groups in total. The molecule has 0 spiro atoms. The van der Waals surface area contributed by atoms with Gasteiger partial charge in [0.15, 0.2) is 23.9 Å². The van der Waals surface area contributed by atoms with Crippen molar-refractivity contribution in [2.75, 3.05) is 19.8 Å². The molecule has 2 saturated heterocycles. The number of ether oxygens (including phenoxy) is 8. The predicted molar refractivity (Wildman–Crippen MR) is 123 cm³/mol. The minimum atomic E-state index is -2.40. The van der Waals surface area contributed by atoms with Gasteiger partial charge in [0, 0.05) is 48.0 Å².